The molecular formula is C21H26N2O3. The Balaban J connectivity index is 1.67. The molecule has 1 aliphatic heterocycles. The largest absolute Gasteiger partial charge is 0.483 e. The number of amides is 1. The van der Waals surface area contributed by atoms with E-state index in [1.807, 2.05) is 49.1 Å². The van der Waals surface area contributed by atoms with E-state index in [9.17, 15) is 4.79 Å². The minimum absolute atomic E-state index is 0.0265. The summed E-state index contributed by atoms with van der Waals surface area (Å²) in [5.74, 6) is 0.756. The van der Waals surface area contributed by atoms with Gasteiger partial charge < -0.3 is 14.4 Å². The summed E-state index contributed by atoms with van der Waals surface area (Å²) < 4.78 is 11.6. The summed E-state index contributed by atoms with van der Waals surface area (Å²) in [6.45, 7) is 5.89. The molecule has 138 valence electrons. The van der Waals surface area contributed by atoms with Crippen molar-refractivity contribution in [3.63, 3.8) is 0 Å². The molecule has 0 spiro atoms. The Morgan fingerprint density at radius 2 is 2.08 bits per heavy atom. The lowest BCUT2D eigenvalue weighted by molar-refractivity contribution is -0.135. The molecule has 1 fully saturated rings. The minimum Gasteiger partial charge on any atom is -0.483 e. The number of aryl methyl sites for hydroxylation is 2. The zero-order valence-electron chi connectivity index (χ0n) is 15.5. The van der Waals surface area contributed by atoms with Crippen molar-refractivity contribution >= 4 is 5.91 Å². The van der Waals surface area contributed by atoms with Crippen molar-refractivity contribution in [2.75, 3.05) is 19.8 Å². The molecule has 1 amide bonds. The maximum Gasteiger partial charge on any atom is 0.260 e. The SMILES string of the molecule is Cc1cccc(C)c1OCC(=O)N(Cc1cccnc1)CC1CCCO1. The van der Waals surface area contributed by atoms with Gasteiger partial charge in [-0.2, -0.15) is 0 Å². The van der Waals surface area contributed by atoms with Gasteiger partial charge in [0.05, 0.1) is 6.10 Å². The molecule has 0 bridgehead atoms. The predicted octanol–water partition coefficient (Wildman–Crippen LogP) is 3.29. The molecule has 0 N–H and O–H groups in total. The molecule has 1 aromatic heterocycles. The van der Waals surface area contributed by atoms with Crippen molar-refractivity contribution in [1.82, 2.24) is 9.88 Å². The van der Waals surface area contributed by atoms with Gasteiger partial charge in [0.2, 0.25) is 0 Å². The fourth-order valence-corrected chi connectivity index (χ4v) is 3.25. The third-order valence-corrected chi connectivity index (χ3v) is 4.65. The van der Waals surface area contributed by atoms with Gasteiger partial charge >= 0.3 is 0 Å². The summed E-state index contributed by atoms with van der Waals surface area (Å²) >= 11 is 0. The first-order valence-corrected chi connectivity index (χ1v) is 9.11. The van der Waals surface area contributed by atoms with Gasteiger partial charge in [-0.15, -0.1) is 0 Å². The summed E-state index contributed by atoms with van der Waals surface area (Å²) in [4.78, 5) is 18.8. The minimum atomic E-state index is -0.0352. The molecule has 5 nitrogen and oxygen atoms in total. The predicted molar refractivity (Wildman–Crippen MR) is 100 cm³/mol. The van der Waals surface area contributed by atoms with E-state index in [2.05, 4.69) is 4.98 Å². The first-order chi connectivity index (χ1) is 12.6. The second-order valence-corrected chi connectivity index (χ2v) is 6.78. The first kappa shape index (κ1) is 18.4. The molecule has 1 saturated heterocycles. The Morgan fingerprint density at radius 3 is 2.73 bits per heavy atom. The van der Waals surface area contributed by atoms with Crippen LogP contribution in [0.2, 0.25) is 0 Å². The molecule has 5 heteroatoms. The summed E-state index contributed by atoms with van der Waals surface area (Å²) in [6, 6.07) is 9.84. The van der Waals surface area contributed by atoms with E-state index in [4.69, 9.17) is 9.47 Å². The normalized spacial score (nSPS) is 16.5. The molecule has 0 radical (unpaired) electrons. The second kappa shape index (κ2) is 8.81. The highest BCUT2D eigenvalue weighted by atomic mass is 16.5. The molecular weight excluding hydrogens is 328 g/mol. The van der Waals surface area contributed by atoms with Crippen LogP contribution in [-0.2, 0) is 16.1 Å². The molecule has 2 aromatic rings. The average Bonchev–Trinajstić information content (AvgIpc) is 3.14. The summed E-state index contributed by atoms with van der Waals surface area (Å²) in [5.41, 5.74) is 3.08. The van der Waals surface area contributed by atoms with Crippen LogP contribution in [0.1, 0.15) is 29.5 Å². The zero-order valence-corrected chi connectivity index (χ0v) is 15.5. The third kappa shape index (κ3) is 4.82. The quantitative estimate of drug-likeness (QED) is 0.766. The Kier molecular flexibility index (Phi) is 6.23. The fourth-order valence-electron chi connectivity index (χ4n) is 3.25. The van der Waals surface area contributed by atoms with Crippen molar-refractivity contribution in [3.8, 4) is 5.75 Å². The van der Waals surface area contributed by atoms with Crippen molar-refractivity contribution in [1.29, 1.82) is 0 Å². The lowest BCUT2D eigenvalue weighted by atomic mass is 10.1. The van der Waals surface area contributed by atoms with Crippen LogP contribution in [0.5, 0.6) is 5.75 Å². The number of hydrogen-bond donors (Lipinski definition) is 0. The second-order valence-electron chi connectivity index (χ2n) is 6.78. The smallest absolute Gasteiger partial charge is 0.260 e. The molecule has 1 atom stereocenters. The fraction of sp³-hybridized carbons (Fsp3) is 0.429. The van der Waals surface area contributed by atoms with Crippen LogP contribution in [-0.4, -0.2) is 41.7 Å². The molecule has 26 heavy (non-hydrogen) atoms. The number of rotatable bonds is 7. The number of carbonyl (C=O) groups excluding carboxylic acids is 1. The van der Waals surface area contributed by atoms with Gasteiger partial charge in [0.1, 0.15) is 5.75 Å². The monoisotopic (exact) mass is 354 g/mol. The van der Waals surface area contributed by atoms with E-state index in [1.54, 1.807) is 12.4 Å². The van der Waals surface area contributed by atoms with Gasteiger partial charge in [-0.3, -0.25) is 9.78 Å². The Hall–Kier alpha value is -2.40. The van der Waals surface area contributed by atoms with E-state index in [1.165, 1.54) is 0 Å². The average molecular weight is 354 g/mol. The number of nitrogens with zero attached hydrogens (tertiary/aromatic N) is 2. The van der Waals surface area contributed by atoms with Crippen LogP contribution in [0, 0.1) is 13.8 Å². The van der Waals surface area contributed by atoms with Crippen molar-refractivity contribution in [2.45, 2.75) is 39.3 Å². The van der Waals surface area contributed by atoms with E-state index in [-0.39, 0.29) is 18.6 Å². The topological polar surface area (TPSA) is 51.7 Å². The number of benzene rings is 1. The van der Waals surface area contributed by atoms with E-state index in [0.717, 1.165) is 41.9 Å². The van der Waals surface area contributed by atoms with Crippen molar-refractivity contribution in [2.24, 2.45) is 0 Å². The zero-order chi connectivity index (χ0) is 18.4. The molecule has 0 saturated carbocycles. The molecule has 2 heterocycles. The third-order valence-electron chi connectivity index (χ3n) is 4.65. The van der Waals surface area contributed by atoms with E-state index < -0.39 is 0 Å². The molecule has 1 unspecified atom stereocenters. The standard InChI is InChI=1S/C21H26N2O3/c1-16-6-3-7-17(2)21(16)26-15-20(24)23(14-19-9-5-11-25-19)13-18-8-4-10-22-12-18/h3-4,6-8,10,12,19H,5,9,11,13-15H2,1-2H3. The van der Waals surface area contributed by atoms with Gasteiger partial charge in [-0.1, -0.05) is 24.3 Å². The number of ether oxygens (including phenoxy) is 2. The molecule has 3 rings (SSSR count). The Morgan fingerprint density at radius 1 is 1.27 bits per heavy atom. The molecule has 0 aliphatic carbocycles. The van der Waals surface area contributed by atoms with Gasteiger partial charge in [-0.25, -0.2) is 0 Å². The number of hydrogen-bond acceptors (Lipinski definition) is 4. The van der Waals surface area contributed by atoms with Crippen LogP contribution >= 0.6 is 0 Å². The van der Waals surface area contributed by atoms with Crippen LogP contribution in [0.15, 0.2) is 42.7 Å². The number of pyridine rings is 1. The molecule has 1 aliphatic rings. The highest BCUT2D eigenvalue weighted by Gasteiger charge is 2.23. The highest BCUT2D eigenvalue weighted by Crippen LogP contribution is 2.22. The Bertz CT molecular complexity index is 707. The van der Waals surface area contributed by atoms with Gasteiger partial charge in [-0.05, 0) is 49.4 Å². The van der Waals surface area contributed by atoms with Crippen LogP contribution in [0.3, 0.4) is 0 Å². The first-order valence-electron chi connectivity index (χ1n) is 9.11. The van der Waals surface area contributed by atoms with Crippen LogP contribution in [0.4, 0.5) is 0 Å². The molecule has 1 aromatic carbocycles. The maximum absolute atomic E-state index is 12.9. The van der Waals surface area contributed by atoms with E-state index in [0.29, 0.717) is 13.1 Å². The Labute approximate surface area is 155 Å². The number of aromatic nitrogens is 1. The van der Waals surface area contributed by atoms with Crippen molar-refractivity contribution < 1.29 is 14.3 Å². The maximum atomic E-state index is 12.9. The van der Waals surface area contributed by atoms with E-state index >= 15 is 0 Å². The lowest BCUT2D eigenvalue weighted by Gasteiger charge is -2.26. The van der Waals surface area contributed by atoms with Gasteiger partial charge in [0.25, 0.3) is 5.91 Å². The van der Waals surface area contributed by atoms with Crippen LogP contribution in [0.25, 0.3) is 0 Å². The van der Waals surface area contributed by atoms with Gasteiger partial charge in [0, 0.05) is 32.1 Å². The summed E-state index contributed by atoms with van der Waals surface area (Å²) in [5, 5.41) is 0. The highest BCUT2D eigenvalue weighted by molar-refractivity contribution is 5.78. The summed E-state index contributed by atoms with van der Waals surface area (Å²) in [7, 11) is 0. The van der Waals surface area contributed by atoms with Gasteiger partial charge in [0.15, 0.2) is 6.61 Å². The van der Waals surface area contributed by atoms with Crippen LogP contribution < -0.4 is 4.74 Å². The van der Waals surface area contributed by atoms with Crippen molar-refractivity contribution in [3.05, 3.63) is 59.4 Å². The lowest BCUT2D eigenvalue weighted by Crippen LogP contribution is -2.39. The summed E-state index contributed by atoms with van der Waals surface area (Å²) in [6.07, 6.45) is 5.69. The number of carbonyl (C=O) groups is 1. The number of para-hydroxylation sites is 1.